The van der Waals surface area contributed by atoms with E-state index in [1.807, 2.05) is 62.6 Å². The Labute approximate surface area is 224 Å². The van der Waals surface area contributed by atoms with Gasteiger partial charge in [0, 0.05) is 16.7 Å². The van der Waals surface area contributed by atoms with Crippen molar-refractivity contribution in [2.24, 2.45) is 5.73 Å². The average molecular weight is 533 g/mol. The van der Waals surface area contributed by atoms with E-state index in [1.54, 1.807) is 36.7 Å². The van der Waals surface area contributed by atoms with Crippen LogP contribution in [0.3, 0.4) is 0 Å². The van der Waals surface area contributed by atoms with Crippen molar-refractivity contribution in [1.82, 2.24) is 0 Å². The van der Waals surface area contributed by atoms with Crippen molar-refractivity contribution in [3.63, 3.8) is 0 Å². The Bertz CT molecular complexity index is 1150. The Hall–Kier alpha value is -2.25. The number of nitrogens with two attached hydrogens (primary N) is 1. The number of rotatable bonds is 11. The molecule has 2 aromatic carbocycles. The predicted octanol–water partition coefficient (Wildman–Crippen LogP) is 7.59. The molecule has 0 fully saturated rings. The Morgan fingerprint density at radius 3 is 2.31 bits per heavy atom. The molecule has 0 radical (unpaired) electrons. The van der Waals surface area contributed by atoms with Crippen molar-refractivity contribution in [3.05, 3.63) is 81.9 Å². The van der Waals surface area contributed by atoms with Gasteiger partial charge in [0.15, 0.2) is 0 Å². The fraction of sp³-hybridized carbons (Fsp3) is 0.379. The fourth-order valence-corrected chi connectivity index (χ4v) is 4.76. The Kier molecular flexibility index (Phi) is 11.1. The van der Waals surface area contributed by atoms with Crippen LogP contribution in [-0.2, 0) is 6.61 Å². The second-order valence-electron chi connectivity index (χ2n) is 9.13. The molecule has 0 aromatic heterocycles. The van der Waals surface area contributed by atoms with Crippen LogP contribution in [0.2, 0.25) is 5.02 Å². The first-order chi connectivity index (χ1) is 17.0. The Morgan fingerprint density at radius 2 is 1.81 bits per heavy atom. The van der Waals surface area contributed by atoms with Gasteiger partial charge in [0.2, 0.25) is 0 Å². The zero-order valence-corrected chi connectivity index (χ0v) is 23.6. The quantitative estimate of drug-likeness (QED) is 0.205. The molecule has 0 bridgehead atoms. The maximum atomic E-state index is 14.8. The third-order valence-corrected chi connectivity index (χ3v) is 7.14. The second kappa shape index (κ2) is 13.3. The molecule has 0 saturated heterocycles. The smallest absolute Gasteiger partial charge is 0.102 e. The molecule has 2 aromatic rings. The summed E-state index contributed by atoms with van der Waals surface area (Å²) in [6.07, 6.45) is 7.12. The fourth-order valence-electron chi connectivity index (χ4n) is 3.83. The van der Waals surface area contributed by atoms with Crippen LogP contribution in [0.4, 0.5) is 10.1 Å². The lowest BCUT2D eigenvalue weighted by Gasteiger charge is -2.28. The molecule has 0 aliphatic rings. The summed E-state index contributed by atoms with van der Waals surface area (Å²) in [5.41, 5.74) is 10.1. The van der Waals surface area contributed by atoms with Crippen molar-refractivity contribution in [2.45, 2.75) is 64.6 Å². The van der Waals surface area contributed by atoms with Crippen LogP contribution in [0.5, 0.6) is 0 Å². The molecule has 0 aliphatic heterocycles. The van der Waals surface area contributed by atoms with Crippen LogP contribution in [0.15, 0.2) is 76.2 Å². The van der Waals surface area contributed by atoms with Crippen LogP contribution >= 0.6 is 23.4 Å². The first kappa shape index (κ1) is 30.0. The molecule has 36 heavy (non-hydrogen) atoms. The maximum Gasteiger partial charge on any atom is 0.102 e. The first-order valence-corrected chi connectivity index (χ1v) is 13.7. The summed E-state index contributed by atoms with van der Waals surface area (Å²) in [6, 6.07) is 11.6. The third-order valence-electron chi connectivity index (χ3n) is 6.01. The van der Waals surface area contributed by atoms with Crippen LogP contribution in [-0.4, -0.2) is 28.6 Å². The minimum absolute atomic E-state index is 0.0177. The molecule has 7 heteroatoms. The lowest BCUT2D eigenvalue weighted by Crippen LogP contribution is -2.32. The third kappa shape index (κ3) is 7.62. The molecule has 4 N–H and O–H groups in total. The molecule has 196 valence electrons. The van der Waals surface area contributed by atoms with E-state index in [9.17, 15) is 14.6 Å². The van der Waals surface area contributed by atoms with Crippen LogP contribution in [0, 0.1) is 0 Å². The summed E-state index contributed by atoms with van der Waals surface area (Å²) in [5, 5.41) is 20.5. The van der Waals surface area contributed by atoms with Gasteiger partial charge in [0.05, 0.1) is 35.2 Å². The standard InChI is InChI=1S/C29H38ClFN2O2S/c1-7-9-20(8-2)24(19(3)31)16-33(17-28(32)29(4,5)35)26-13-12-21(14-25(26)30)22-10-11-23(18-34)27(15-22)36-6/h9-15,17,34-35H,7-8,16,18,32H2,1-6H3/b20-9-,24-19+,28-17-. The van der Waals surface area contributed by atoms with Gasteiger partial charge in [-0.1, -0.05) is 49.7 Å². The van der Waals surface area contributed by atoms with Gasteiger partial charge in [-0.2, -0.15) is 0 Å². The van der Waals surface area contributed by atoms with Crippen molar-refractivity contribution in [1.29, 1.82) is 0 Å². The van der Waals surface area contributed by atoms with Crippen molar-refractivity contribution in [3.8, 4) is 11.1 Å². The molecule has 0 unspecified atom stereocenters. The van der Waals surface area contributed by atoms with E-state index >= 15 is 0 Å². The molecule has 0 amide bonds. The van der Waals surface area contributed by atoms with Gasteiger partial charge in [-0.05, 0) is 80.3 Å². The molecule has 0 aliphatic carbocycles. The molecular weight excluding hydrogens is 495 g/mol. The zero-order chi connectivity index (χ0) is 27.0. The number of anilines is 1. The number of thioether (sulfide) groups is 1. The highest BCUT2D eigenvalue weighted by molar-refractivity contribution is 7.98. The van der Waals surface area contributed by atoms with E-state index in [0.717, 1.165) is 33.6 Å². The van der Waals surface area contributed by atoms with Gasteiger partial charge in [-0.3, -0.25) is 0 Å². The van der Waals surface area contributed by atoms with Crippen molar-refractivity contribution < 1.29 is 14.6 Å². The number of hydrogen-bond donors (Lipinski definition) is 3. The molecule has 0 spiro atoms. The van der Waals surface area contributed by atoms with E-state index in [0.29, 0.717) is 22.7 Å². The van der Waals surface area contributed by atoms with E-state index in [1.165, 1.54) is 6.92 Å². The van der Waals surface area contributed by atoms with Gasteiger partial charge in [0.1, 0.15) is 5.83 Å². The number of aliphatic hydroxyl groups is 2. The summed E-state index contributed by atoms with van der Waals surface area (Å²) in [4.78, 5) is 2.79. The minimum Gasteiger partial charge on any atom is -0.399 e. The van der Waals surface area contributed by atoms with E-state index in [4.69, 9.17) is 17.3 Å². The van der Waals surface area contributed by atoms with Crippen molar-refractivity contribution >= 4 is 29.1 Å². The van der Waals surface area contributed by atoms with E-state index < -0.39 is 5.60 Å². The molecule has 2 rings (SSSR count). The largest absolute Gasteiger partial charge is 0.399 e. The van der Waals surface area contributed by atoms with Crippen LogP contribution in [0.25, 0.3) is 11.1 Å². The number of halogens is 2. The molecule has 4 nitrogen and oxygen atoms in total. The summed E-state index contributed by atoms with van der Waals surface area (Å²) >= 11 is 8.37. The van der Waals surface area contributed by atoms with Crippen LogP contribution < -0.4 is 10.6 Å². The minimum atomic E-state index is -1.26. The number of aliphatic hydroxyl groups excluding tert-OH is 1. The van der Waals surface area contributed by atoms with E-state index in [-0.39, 0.29) is 24.7 Å². The molecule has 0 saturated carbocycles. The monoisotopic (exact) mass is 532 g/mol. The average Bonchev–Trinajstić information content (AvgIpc) is 2.84. The number of nitrogens with zero attached hydrogens (tertiary/aromatic N) is 1. The van der Waals surface area contributed by atoms with E-state index in [2.05, 4.69) is 0 Å². The maximum absolute atomic E-state index is 14.8. The summed E-state index contributed by atoms with van der Waals surface area (Å²) in [5.74, 6) is -0.266. The zero-order valence-electron chi connectivity index (χ0n) is 22.0. The number of hydrogen-bond acceptors (Lipinski definition) is 5. The SMILES string of the molecule is CC/C=C(CC)\C(CN(/C=C(\N)C(C)(C)O)c1ccc(-c2ccc(CO)c(SC)c2)cc1Cl)=C(/C)F. The molecule has 0 atom stereocenters. The lowest BCUT2D eigenvalue weighted by molar-refractivity contribution is 0.118. The topological polar surface area (TPSA) is 69.7 Å². The highest BCUT2D eigenvalue weighted by atomic mass is 35.5. The Morgan fingerprint density at radius 1 is 1.17 bits per heavy atom. The van der Waals surface area contributed by atoms with Gasteiger partial charge >= 0.3 is 0 Å². The lowest BCUT2D eigenvalue weighted by atomic mass is 9.99. The normalized spacial score (nSPS) is 13.6. The second-order valence-corrected chi connectivity index (χ2v) is 10.4. The number of allylic oxidation sites excluding steroid dienone is 2. The number of benzene rings is 2. The summed E-state index contributed by atoms with van der Waals surface area (Å²) < 4.78 is 14.8. The predicted molar refractivity (Wildman–Crippen MR) is 153 cm³/mol. The van der Waals surface area contributed by atoms with Gasteiger partial charge in [0.25, 0.3) is 0 Å². The summed E-state index contributed by atoms with van der Waals surface area (Å²) in [7, 11) is 0. The molecular formula is C29H38ClFN2O2S. The Balaban J connectivity index is 2.60. The highest BCUT2D eigenvalue weighted by Gasteiger charge is 2.21. The van der Waals surface area contributed by atoms with Gasteiger partial charge in [-0.15, -0.1) is 11.8 Å². The summed E-state index contributed by atoms with van der Waals surface area (Å²) in [6.45, 7) is 8.88. The first-order valence-electron chi connectivity index (χ1n) is 12.1. The van der Waals surface area contributed by atoms with Gasteiger partial charge < -0.3 is 20.8 Å². The highest BCUT2D eigenvalue weighted by Crippen LogP contribution is 2.35. The molecule has 0 heterocycles. The van der Waals surface area contributed by atoms with Crippen molar-refractivity contribution in [2.75, 3.05) is 17.7 Å². The van der Waals surface area contributed by atoms with Crippen LogP contribution in [0.1, 0.15) is 53.0 Å². The van der Waals surface area contributed by atoms with Gasteiger partial charge in [-0.25, -0.2) is 4.39 Å².